The van der Waals surface area contributed by atoms with Crippen LogP contribution in [-0.4, -0.2) is 36.1 Å². The summed E-state index contributed by atoms with van der Waals surface area (Å²) >= 11 is 12.6. The Kier molecular flexibility index (Phi) is 6.09. The van der Waals surface area contributed by atoms with Gasteiger partial charge >= 0.3 is 0 Å². The van der Waals surface area contributed by atoms with Crippen molar-refractivity contribution in [2.45, 2.75) is 45.2 Å². The van der Waals surface area contributed by atoms with Crippen LogP contribution in [0.1, 0.15) is 36.9 Å². The fourth-order valence-electron chi connectivity index (χ4n) is 2.87. The second-order valence-corrected chi connectivity index (χ2v) is 6.29. The van der Waals surface area contributed by atoms with E-state index < -0.39 is 0 Å². The molecule has 1 fully saturated rings. The molecule has 1 N–H and O–H groups in total. The number of hydrogen-bond donors (Lipinski definition) is 1. The monoisotopic (exact) mass is 315 g/mol. The van der Waals surface area contributed by atoms with Crippen molar-refractivity contribution in [3.05, 3.63) is 27.5 Å². The molecule has 5 heteroatoms. The summed E-state index contributed by atoms with van der Waals surface area (Å²) < 4.78 is 0. The minimum absolute atomic E-state index is 0.549. The van der Waals surface area contributed by atoms with Crippen molar-refractivity contribution in [2.24, 2.45) is 0 Å². The van der Waals surface area contributed by atoms with Crippen molar-refractivity contribution in [1.82, 2.24) is 15.2 Å². The molecule has 0 aromatic carbocycles. The van der Waals surface area contributed by atoms with E-state index in [4.69, 9.17) is 23.2 Å². The van der Waals surface area contributed by atoms with E-state index in [-0.39, 0.29) is 0 Å². The summed E-state index contributed by atoms with van der Waals surface area (Å²) in [6.45, 7) is 4.89. The molecule has 0 amide bonds. The van der Waals surface area contributed by atoms with Crippen LogP contribution in [0.4, 0.5) is 0 Å². The highest BCUT2D eigenvalue weighted by Gasteiger charge is 2.23. The van der Waals surface area contributed by atoms with Crippen LogP contribution in [0.2, 0.25) is 10.2 Å². The van der Waals surface area contributed by atoms with Gasteiger partial charge in [-0.25, -0.2) is 4.98 Å². The lowest BCUT2D eigenvalue weighted by Gasteiger charge is -2.36. The third kappa shape index (κ3) is 4.08. The number of likely N-dealkylation sites (tertiary alicyclic amines) is 1. The van der Waals surface area contributed by atoms with Gasteiger partial charge in [-0.15, -0.1) is 0 Å². The van der Waals surface area contributed by atoms with E-state index in [2.05, 4.69) is 15.2 Å². The molecule has 1 unspecified atom stereocenters. The van der Waals surface area contributed by atoms with Gasteiger partial charge < -0.3 is 5.32 Å². The van der Waals surface area contributed by atoms with Crippen LogP contribution in [0.5, 0.6) is 0 Å². The Labute approximate surface area is 131 Å². The SMILES string of the molecule is CNCCC1CCCCN1Cc1c(Cl)cc(C)nc1Cl. The maximum atomic E-state index is 6.34. The fraction of sp³-hybridized carbons (Fsp3) is 0.667. The predicted octanol–water partition coefficient (Wildman–Crippen LogP) is 3.66. The highest BCUT2D eigenvalue weighted by atomic mass is 35.5. The predicted molar refractivity (Wildman–Crippen MR) is 85.6 cm³/mol. The Bertz CT molecular complexity index is 428. The van der Waals surface area contributed by atoms with Gasteiger partial charge in [0, 0.05) is 28.9 Å². The van der Waals surface area contributed by atoms with E-state index in [0.717, 1.165) is 35.9 Å². The van der Waals surface area contributed by atoms with Gasteiger partial charge in [-0.1, -0.05) is 29.6 Å². The molecule has 0 radical (unpaired) electrons. The van der Waals surface area contributed by atoms with Crippen molar-refractivity contribution in [2.75, 3.05) is 20.1 Å². The average molecular weight is 316 g/mol. The van der Waals surface area contributed by atoms with Crippen LogP contribution >= 0.6 is 23.2 Å². The smallest absolute Gasteiger partial charge is 0.135 e. The van der Waals surface area contributed by atoms with Gasteiger partial charge in [0.1, 0.15) is 5.15 Å². The molecule has 0 bridgehead atoms. The maximum absolute atomic E-state index is 6.34. The third-order valence-corrected chi connectivity index (χ3v) is 4.64. The zero-order chi connectivity index (χ0) is 14.5. The van der Waals surface area contributed by atoms with Crippen molar-refractivity contribution in [3.8, 4) is 0 Å². The number of halogens is 2. The van der Waals surface area contributed by atoms with Gasteiger partial charge in [0.05, 0.1) is 0 Å². The highest BCUT2D eigenvalue weighted by molar-refractivity contribution is 6.35. The first-order chi connectivity index (χ1) is 9.61. The molecule has 3 nitrogen and oxygen atoms in total. The zero-order valence-corrected chi connectivity index (χ0v) is 13.8. The lowest BCUT2D eigenvalue weighted by molar-refractivity contribution is 0.132. The number of pyridine rings is 1. The van der Waals surface area contributed by atoms with Crippen LogP contribution in [-0.2, 0) is 6.54 Å². The quantitative estimate of drug-likeness (QED) is 0.840. The van der Waals surface area contributed by atoms with Crippen LogP contribution in [0, 0.1) is 6.92 Å². The molecule has 0 aliphatic carbocycles. The van der Waals surface area contributed by atoms with Gasteiger partial charge in [0.2, 0.25) is 0 Å². The number of nitrogens with zero attached hydrogens (tertiary/aromatic N) is 2. The van der Waals surface area contributed by atoms with Crippen LogP contribution in [0.25, 0.3) is 0 Å². The summed E-state index contributed by atoms with van der Waals surface area (Å²) in [7, 11) is 2.00. The van der Waals surface area contributed by atoms with Crippen LogP contribution < -0.4 is 5.32 Å². The van der Waals surface area contributed by atoms with Gasteiger partial charge in [0.15, 0.2) is 0 Å². The van der Waals surface area contributed by atoms with E-state index in [9.17, 15) is 0 Å². The second kappa shape index (κ2) is 7.60. The Hall–Kier alpha value is -0.350. The largest absolute Gasteiger partial charge is 0.320 e. The topological polar surface area (TPSA) is 28.2 Å². The van der Waals surface area contributed by atoms with Gasteiger partial charge in [-0.3, -0.25) is 4.90 Å². The first-order valence-corrected chi connectivity index (χ1v) is 8.07. The van der Waals surface area contributed by atoms with E-state index in [1.807, 2.05) is 20.0 Å². The molecule has 2 heterocycles. The van der Waals surface area contributed by atoms with Crippen molar-refractivity contribution < 1.29 is 0 Å². The van der Waals surface area contributed by atoms with Gasteiger partial charge in [0.25, 0.3) is 0 Å². The first-order valence-electron chi connectivity index (χ1n) is 7.32. The number of piperidine rings is 1. The first kappa shape index (κ1) is 16.0. The molecule has 1 saturated heterocycles. The standard InChI is InChI=1S/C15H23Cl2N3/c1-11-9-14(16)13(15(17)19-11)10-20-8-4-3-5-12(20)6-7-18-2/h9,12,18H,3-8,10H2,1-2H3. The summed E-state index contributed by atoms with van der Waals surface area (Å²) in [4.78, 5) is 6.83. The number of aromatic nitrogens is 1. The molecule has 112 valence electrons. The maximum Gasteiger partial charge on any atom is 0.135 e. The summed E-state index contributed by atoms with van der Waals surface area (Å²) in [5, 5.41) is 4.52. The fourth-order valence-corrected chi connectivity index (χ4v) is 3.52. The van der Waals surface area contributed by atoms with Gasteiger partial charge in [-0.2, -0.15) is 0 Å². The molecule has 1 aliphatic heterocycles. The van der Waals surface area contributed by atoms with E-state index in [0.29, 0.717) is 11.2 Å². The lowest BCUT2D eigenvalue weighted by Crippen LogP contribution is -2.40. The molecule has 0 spiro atoms. The molecule has 20 heavy (non-hydrogen) atoms. The molecular weight excluding hydrogens is 293 g/mol. The zero-order valence-electron chi connectivity index (χ0n) is 12.3. The Morgan fingerprint density at radius 2 is 2.20 bits per heavy atom. The number of rotatable bonds is 5. The summed E-state index contributed by atoms with van der Waals surface area (Å²) in [6.07, 6.45) is 5.00. The number of hydrogen-bond acceptors (Lipinski definition) is 3. The minimum atomic E-state index is 0.549. The summed E-state index contributed by atoms with van der Waals surface area (Å²) in [5.74, 6) is 0. The Morgan fingerprint density at radius 1 is 1.40 bits per heavy atom. The average Bonchev–Trinajstić information content (AvgIpc) is 2.41. The molecule has 1 aromatic heterocycles. The lowest BCUT2D eigenvalue weighted by atomic mass is 9.98. The van der Waals surface area contributed by atoms with E-state index in [1.54, 1.807) is 0 Å². The molecule has 1 aliphatic rings. The Balaban J connectivity index is 2.10. The molecule has 1 atom stereocenters. The van der Waals surface area contributed by atoms with Crippen molar-refractivity contribution in [3.63, 3.8) is 0 Å². The van der Waals surface area contributed by atoms with Crippen molar-refractivity contribution >= 4 is 23.2 Å². The van der Waals surface area contributed by atoms with E-state index >= 15 is 0 Å². The molecule has 0 saturated carbocycles. The summed E-state index contributed by atoms with van der Waals surface area (Å²) in [6, 6.07) is 2.51. The normalized spacial score (nSPS) is 20.3. The summed E-state index contributed by atoms with van der Waals surface area (Å²) in [5.41, 5.74) is 1.84. The molecular formula is C15H23Cl2N3. The number of aryl methyl sites for hydroxylation is 1. The number of nitrogens with one attached hydrogen (secondary N) is 1. The van der Waals surface area contributed by atoms with Crippen LogP contribution in [0.15, 0.2) is 6.07 Å². The Morgan fingerprint density at radius 3 is 2.90 bits per heavy atom. The van der Waals surface area contributed by atoms with Gasteiger partial charge in [-0.05, 0) is 52.4 Å². The van der Waals surface area contributed by atoms with Crippen LogP contribution in [0.3, 0.4) is 0 Å². The second-order valence-electron chi connectivity index (χ2n) is 5.53. The third-order valence-electron chi connectivity index (χ3n) is 3.99. The van der Waals surface area contributed by atoms with E-state index in [1.165, 1.54) is 25.7 Å². The minimum Gasteiger partial charge on any atom is -0.320 e. The molecule has 1 aromatic rings. The van der Waals surface area contributed by atoms with Crippen molar-refractivity contribution in [1.29, 1.82) is 0 Å². The highest BCUT2D eigenvalue weighted by Crippen LogP contribution is 2.28. The molecule has 2 rings (SSSR count).